The number of ether oxygens (including phenoxy) is 1. The highest BCUT2D eigenvalue weighted by Crippen LogP contribution is 2.06. The molecule has 0 saturated carbocycles. The van der Waals surface area contributed by atoms with Gasteiger partial charge in [-0.25, -0.2) is 4.39 Å². The van der Waals surface area contributed by atoms with E-state index >= 15 is 0 Å². The van der Waals surface area contributed by atoms with Gasteiger partial charge in [0.2, 0.25) is 0 Å². The van der Waals surface area contributed by atoms with E-state index in [0.717, 1.165) is 0 Å². The number of carbonyl (C=O) groups is 2. The summed E-state index contributed by atoms with van der Waals surface area (Å²) in [6.45, 7) is 1.65. The zero-order valence-electron chi connectivity index (χ0n) is 9.70. The number of methoxy groups -OCH3 is 1. The lowest BCUT2D eigenvalue weighted by atomic mass is 10.1. The molecule has 0 spiro atoms. The fourth-order valence-electron chi connectivity index (χ4n) is 1.33. The first kappa shape index (κ1) is 13.2. The molecule has 1 amide bonds. The van der Waals surface area contributed by atoms with Crippen LogP contribution in [0.5, 0.6) is 0 Å². The van der Waals surface area contributed by atoms with Crippen molar-refractivity contribution in [1.29, 1.82) is 0 Å². The number of carbonyl (C=O) groups excluding carboxylic acids is 2. The third kappa shape index (κ3) is 3.86. The molecule has 1 aromatic carbocycles. The molecule has 0 aliphatic carbocycles. The summed E-state index contributed by atoms with van der Waals surface area (Å²) in [7, 11) is 1.27. The van der Waals surface area contributed by atoms with Gasteiger partial charge in [-0.05, 0) is 19.1 Å². The minimum atomic E-state index is -0.588. The van der Waals surface area contributed by atoms with Crippen molar-refractivity contribution in [2.24, 2.45) is 0 Å². The van der Waals surface area contributed by atoms with Crippen molar-refractivity contribution in [3.63, 3.8) is 0 Å². The number of esters is 1. The van der Waals surface area contributed by atoms with Crippen molar-refractivity contribution in [2.75, 3.05) is 7.11 Å². The molecule has 0 heterocycles. The molecule has 17 heavy (non-hydrogen) atoms. The van der Waals surface area contributed by atoms with Crippen LogP contribution in [0.1, 0.15) is 23.7 Å². The number of nitrogens with one attached hydrogen (secondary N) is 1. The van der Waals surface area contributed by atoms with E-state index < -0.39 is 23.7 Å². The number of hydrogen-bond donors (Lipinski definition) is 1. The molecule has 1 N–H and O–H groups in total. The lowest BCUT2D eigenvalue weighted by molar-refractivity contribution is -0.141. The van der Waals surface area contributed by atoms with Gasteiger partial charge in [0.25, 0.3) is 5.91 Å². The zero-order valence-corrected chi connectivity index (χ0v) is 9.70. The summed E-state index contributed by atoms with van der Waals surface area (Å²) >= 11 is 0. The smallest absolute Gasteiger partial charge is 0.307 e. The largest absolute Gasteiger partial charge is 0.469 e. The van der Waals surface area contributed by atoms with E-state index in [-0.39, 0.29) is 12.0 Å². The Morgan fingerprint density at radius 3 is 2.65 bits per heavy atom. The van der Waals surface area contributed by atoms with Crippen LogP contribution >= 0.6 is 0 Å². The van der Waals surface area contributed by atoms with Crippen LogP contribution in [0.3, 0.4) is 0 Å². The molecule has 0 aliphatic rings. The average molecular weight is 239 g/mol. The molecule has 1 aromatic rings. The Labute approximate surface area is 98.8 Å². The number of benzene rings is 1. The zero-order chi connectivity index (χ0) is 12.8. The van der Waals surface area contributed by atoms with E-state index in [9.17, 15) is 14.0 Å². The highest BCUT2D eigenvalue weighted by Gasteiger charge is 2.15. The standard InChI is InChI=1S/C12H14FNO3/c1-8(7-11(15)17-2)14-12(16)9-5-3-4-6-10(9)13/h3-6,8H,7H2,1-2H3,(H,14,16)/t8-/m0/s1. The molecule has 4 nitrogen and oxygen atoms in total. The van der Waals surface area contributed by atoms with Gasteiger partial charge < -0.3 is 10.1 Å². The summed E-state index contributed by atoms with van der Waals surface area (Å²) < 4.78 is 17.7. The molecule has 1 atom stereocenters. The van der Waals surface area contributed by atoms with Crippen LogP contribution in [0.15, 0.2) is 24.3 Å². The van der Waals surface area contributed by atoms with Gasteiger partial charge >= 0.3 is 5.97 Å². The first-order valence-electron chi connectivity index (χ1n) is 5.16. The Hall–Kier alpha value is -1.91. The summed E-state index contributed by atoms with van der Waals surface area (Å²) in [5.41, 5.74) is -0.0378. The third-order valence-corrected chi connectivity index (χ3v) is 2.20. The van der Waals surface area contributed by atoms with Crippen LogP contribution < -0.4 is 5.32 Å². The van der Waals surface area contributed by atoms with Gasteiger partial charge in [0, 0.05) is 6.04 Å². The van der Waals surface area contributed by atoms with E-state index in [1.807, 2.05) is 0 Å². The molecule has 0 aliphatic heterocycles. The van der Waals surface area contributed by atoms with Crippen molar-refractivity contribution in [2.45, 2.75) is 19.4 Å². The number of halogens is 1. The fraction of sp³-hybridized carbons (Fsp3) is 0.333. The topological polar surface area (TPSA) is 55.4 Å². The predicted molar refractivity (Wildman–Crippen MR) is 60.0 cm³/mol. The van der Waals surface area contributed by atoms with E-state index in [1.165, 1.54) is 25.3 Å². The van der Waals surface area contributed by atoms with Gasteiger partial charge in [0.1, 0.15) is 5.82 Å². The Bertz CT molecular complexity index is 420. The molecule has 0 bridgehead atoms. The lowest BCUT2D eigenvalue weighted by Crippen LogP contribution is -2.34. The van der Waals surface area contributed by atoms with E-state index in [1.54, 1.807) is 13.0 Å². The molecule has 92 valence electrons. The molecule has 0 aromatic heterocycles. The summed E-state index contributed by atoms with van der Waals surface area (Å²) in [5.74, 6) is -1.55. The number of hydrogen-bond acceptors (Lipinski definition) is 3. The summed E-state index contributed by atoms with van der Waals surface area (Å²) in [4.78, 5) is 22.6. The van der Waals surface area contributed by atoms with Gasteiger partial charge in [-0.2, -0.15) is 0 Å². The maximum Gasteiger partial charge on any atom is 0.307 e. The SMILES string of the molecule is COC(=O)C[C@H](C)NC(=O)c1ccccc1F. The van der Waals surface area contributed by atoms with E-state index in [0.29, 0.717) is 0 Å². The van der Waals surface area contributed by atoms with Gasteiger partial charge in [-0.1, -0.05) is 12.1 Å². The summed E-state index contributed by atoms with van der Waals surface area (Å²) in [5, 5.41) is 2.52. The normalized spacial score (nSPS) is 11.7. The van der Waals surface area contributed by atoms with Crippen molar-refractivity contribution >= 4 is 11.9 Å². The average Bonchev–Trinajstić information content (AvgIpc) is 2.29. The minimum Gasteiger partial charge on any atom is -0.469 e. The van der Waals surface area contributed by atoms with Gasteiger partial charge in [0.05, 0.1) is 19.1 Å². The maximum absolute atomic E-state index is 13.3. The second kappa shape index (κ2) is 5.98. The predicted octanol–water partition coefficient (Wildman–Crippen LogP) is 1.51. The first-order chi connectivity index (χ1) is 8.04. The number of amides is 1. The Morgan fingerprint density at radius 1 is 1.41 bits per heavy atom. The summed E-state index contributed by atoms with van der Waals surface area (Å²) in [6, 6.07) is 5.26. The molecular weight excluding hydrogens is 225 g/mol. The van der Waals surface area contributed by atoms with Gasteiger partial charge in [-0.15, -0.1) is 0 Å². The first-order valence-corrected chi connectivity index (χ1v) is 5.16. The van der Waals surface area contributed by atoms with Gasteiger partial charge in [-0.3, -0.25) is 9.59 Å². The summed E-state index contributed by atoms with van der Waals surface area (Å²) in [6.07, 6.45) is 0.0523. The van der Waals surface area contributed by atoms with Crippen LogP contribution in [0.25, 0.3) is 0 Å². The Morgan fingerprint density at radius 2 is 2.06 bits per heavy atom. The van der Waals surface area contributed by atoms with E-state index in [2.05, 4.69) is 10.1 Å². The van der Waals surface area contributed by atoms with Crippen molar-refractivity contribution in [3.8, 4) is 0 Å². The van der Waals surface area contributed by atoms with Crippen molar-refractivity contribution < 1.29 is 18.7 Å². The monoisotopic (exact) mass is 239 g/mol. The Kier molecular flexibility index (Phi) is 4.63. The third-order valence-electron chi connectivity index (χ3n) is 2.20. The van der Waals surface area contributed by atoms with Crippen molar-refractivity contribution in [1.82, 2.24) is 5.32 Å². The van der Waals surface area contributed by atoms with Crippen LogP contribution in [0.4, 0.5) is 4.39 Å². The number of rotatable bonds is 4. The molecule has 0 unspecified atom stereocenters. The van der Waals surface area contributed by atoms with Crippen LogP contribution in [0.2, 0.25) is 0 Å². The highest BCUT2D eigenvalue weighted by molar-refractivity contribution is 5.94. The highest BCUT2D eigenvalue weighted by atomic mass is 19.1. The fourth-order valence-corrected chi connectivity index (χ4v) is 1.33. The van der Waals surface area contributed by atoms with Crippen LogP contribution in [-0.2, 0) is 9.53 Å². The molecular formula is C12H14FNO3. The second-order valence-electron chi connectivity index (χ2n) is 3.63. The van der Waals surface area contributed by atoms with Crippen molar-refractivity contribution in [3.05, 3.63) is 35.6 Å². The van der Waals surface area contributed by atoms with Crippen LogP contribution in [0, 0.1) is 5.82 Å². The Balaban J connectivity index is 2.61. The molecule has 0 saturated heterocycles. The maximum atomic E-state index is 13.3. The van der Waals surface area contributed by atoms with E-state index in [4.69, 9.17) is 0 Å². The molecule has 0 fully saturated rings. The quantitative estimate of drug-likeness (QED) is 0.810. The minimum absolute atomic E-state index is 0.0378. The van der Waals surface area contributed by atoms with Gasteiger partial charge in [0.15, 0.2) is 0 Å². The molecule has 0 radical (unpaired) electrons. The lowest BCUT2D eigenvalue weighted by Gasteiger charge is -2.12. The molecule has 5 heteroatoms. The van der Waals surface area contributed by atoms with Crippen LogP contribution in [-0.4, -0.2) is 25.0 Å². The second-order valence-corrected chi connectivity index (χ2v) is 3.63. The molecule has 1 rings (SSSR count).